The molecule has 0 saturated carbocycles. The van der Waals surface area contributed by atoms with Crippen molar-refractivity contribution < 1.29 is 8.42 Å². The lowest BCUT2D eigenvalue weighted by Crippen LogP contribution is -2.44. The van der Waals surface area contributed by atoms with Crippen molar-refractivity contribution in [2.24, 2.45) is 0 Å². The molecule has 0 N–H and O–H groups in total. The molecule has 0 bridgehead atoms. The fraction of sp³-hybridized carbons (Fsp3) is 0.500. The molecule has 1 heterocycles. The molecule has 0 spiro atoms. The molecular weight excluding hydrogens is 329 g/mol. The zero-order valence-electron chi connectivity index (χ0n) is 10.2. The van der Waals surface area contributed by atoms with Gasteiger partial charge in [0.1, 0.15) is 0 Å². The molecule has 106 valence electrons. The molecule has 1 aromatic carbocycles. The maximum Gasteiger partial charge on any atom is 0.243 e. The minimum absolute atomic E-state index is 0.127. The molecule has 1 unspecified atom stereocenters. The monoisotopic (exact) mass is 341 g/mol. The van der Waals surface area contributed by atoms with Crippen molar-refractivity contribution in [1.82, 2.24) is 4.31 Å². The maximum atomic E-state index is 12.6. The largest absolute Gasteiger partial charge is 0.243 e. The Kier molecular flexibility index (Phi) is 5.01. The van der Waals surface area contributed by atoms with Gasteiger partial charge >= 0.3 is 0 Å². The van der Waals surface area contributed by atoms with Crippen LogP contribution < -0.4 is 0 Å². The summed E-state index contributed by atoms with van der Waals surface area (Å²) in [6.07, 6.45) is 2.64. The molecule has 0 radical (unpaired) electrons. The van der Waals surface area contributed by atoms with Gasteiger partial charge in [0, 0.05) is 28.5 Å². The topological polar surface area (TPSA) is 37.4 Å². The first-order valence-corrected chi connectivity index (χ1v) is 8.72. The molecule has 0 aliphatic carbocycles. The fourth-order valence-electron chi connectivity index (χ4n) is 2.26. The Morgan fingerprint density at radius 1 is 1.16 bits per heavy atom. The van der Waals surface area contributed by atoms with Crippen LogP contribution in [0.5, 0.6) is 0 Å². The summed E-state index contributed by atoms with van der Waals surface area (Å²) in [7, 11) is -3.59. The van der Waals surface area contributed by atoms with Gasteiger partial charge in [-0.3, -0.25) is 0 Å². The normalized spacial score (nSPS) is 21.5. The minimum Gasteiger partial charge on any atom is -0.207 e. The molecule has 19 heavy (non-hydrogen) atoms. The maximum absolute atomic E-state index is 12.6. The van der Waals surface area contributed by atoms with Gasteiger partial charge in [0.15, 0.2) is 0 Å². The zero-order chi connectivity index (χ0) is 14.0. The van der Waals surface area contributed by atoms with E-state index in [0.717, 1.165) is 19.3 Å². The quantitative estimate of drug-likeness (QED) is 0.784. The number of piperidine rings is 1. The number of rotatable bonds is 3. The minimum atomic E-state index is -3.59. The lowest BCUT2D eigenvalue weighted by Gasteiger charge is -2.33. The van der Waals surface area contributed by atoms with Crippen molar-refractivity contribution in [3.63, 3.8) is 0 Å². The van der Waals surface area contributed by atoms with Gasteiger partial charge in [-0.25, -0.2) is 8.42 Å². The number of sulfonamides is 1. The van der Waals surface area contributed by atoms with Gasteiger partial charge in [0.2, 0.25) is 10.0 Å². The molecule has 3 nitrogen and oxygen atoms in total. The van der Waals surface area contributed by atoms with Crippen molar-refractivity contribution in [2.45, 2.75) is 30.2 Å². The second-order valence-corrected chi connectivity index (χ2v) is 7.60. The van der Waals surface area contributed by atoms with E-state index in [-0.39, 0.29) is 10.9 Å². The first kappa shape index (κ1) is 15.4. The van der Waals surface area contributed by atoms with Crippen molar-refractivity contribution in [1.29, 1.82) is 0 Å². The predicted octanol–water partition coefficient (Wildman–Crippen LogP) is 3.78. The Bertz CT molecular complexity index is 542. The van der Waals surface area contributed by atoms with Gasteiger partial charge < -0.3 is 0 Å². The van der Waals surface area contributed by atoms with Crippen LogP contribution in [0.1, 0.15) is 19.3 Å². The third-order valence-corrected chi connectivity index (χ3v) is 5.92. The Morgan fingerprint density at radius 2 is 1.79 bits per heavy atom. The number of hydrogen-bond donors (Lipinski definition) is 0. The highest BCUT2D eigenvalue weighted by atomic mass is 35.5. The van der Waals surface area contributed by atoms with Crippen LogP contribution >= 0.6 is 34.8 Å². The molecule has 1 aliphatic rings. The van der Waals surface area contributed by atoms with Crippen LogP contribution in [0.3, 0.4) is 0 Å². The summed E-state index contributed by atoms with van der Waals surface area (Å²) in [5, 5.41) is 0.621. The summed E-state index contributed by atoms with van der Waals surface area (Å²) in [4.78, 5) is 0.127. The second-order valence-electron chi connectivity index (χ2n) is 4.52. The van der Waals surface area contributed by atoms with E-state index in [1.165, 1.54) is 22.5 Å². The third-order valence-electron chi connectivity index (χ3n) is 3.19. The number of hydrogen-bond acceptors (Lipinski definition) is 2. The third kappa shape index (κ3) is 3.37. The van der Waals surface area contributed by atoms with Crippen LogP contribution in [0.15, 0.2) is 23.1 Å². The summed E-state index contributed by atoms with van der Waals surface area (Å²) in [6, 6.07) is 4.20. The molecule has 1 atom stereocenters. The van der Waals surface area contributed by atoms with E-state index < -0.39 is 10.0 Å². The Labute approximate surface area is 128 Å². The first-order valence-electron chi connectivity index (χ1n) is 5.99. The standard InChI is InChI=1S/C12H14Cl3NO2S/c13-8-11-3-1-2-4-16(11)19(17,18)12-6-9(14)5-10(15)7-12/h5-7,11H,1-4,8H2. The van der Waals surface area contributed by atoms with E-state index in [9.17, 15) is 8.42 Å². The fourth-order valence-corrected chi connectivity index (χ4v) is 5.08. The lowest BCUT2D eigenvalue weighted by atomic mass is 10.1. The highest BCUT2D eigenvalue weighted by molar-refractivity contribution is 7.89. The Hall–Kier alpha value is -0.000000000000000111. The molecule has 2 rings (SSSR count). The van der Waals surface area contributed by atoms with Crippen LogP contribution in [-0.4, -0.2) is 31.2 Å². The summed E-state index contributed by atoms with van der Waals surface area (Å²) in [5.41, 5.74) is 0. The molecule has 1 saturated heterocycles. The average molecular weight is 343 g/mol. The molecular formula is C12H14Cl3NO2S. The van der Waals surface area contributed by atoms with E-state index in [1.54, 1.807) is 0 Å². The van der Waals surface area contributed by atoms with Gasteiger partial charge in [0.05, 0.1) is 4.90 Å². The number of benzene rings is 1. The number of nitrogens with zero attached hydrogens (tertiary/aromatic N) is 1. The molecule has 0 amide bonds. The highest BCUT2D eigenvalue weighted by Gasteiger charge is 2.33. The number of halogens is 3. The van der Waals surface area contributed by atoms with Crippen LogP contribution in [0, 0.1) is 0 Å². The van der Waals surface area contributed by atoms with E-state index in [2.05, 4.69) is 0 Å². The summed E-state index contributed by atoms with van der Waals surface area (Å²) in [6.45, 7) is 0.490. The Balaban J connectivity index is 2.40. The van der Waals surface area contributed by atoms with E-state index >= 15 is 0 Å². The average Bonchev–Trinajstić information content (AvgIpc) is 2.37. The van der Waals surface area contributed by atoms with Gasteiger partial charge in [-0.1, -0.05) is 29.6 Å². The molecule has 1 aliphatic heterocycles. The molecule has 7 heteroatoms. The lowest BCUT2D eigenvalue weighted by molar-refractivity contribution is 0.271. The van der Waals surface area contributed by atoms with Crippen molar-refractivity contribution in [3.8, 4) is 0 Å². The van der Waals surface area contributed by atoms with Crippen molar-refractivity contribution in [2.75, 3.05) is 12.4 Å². The van der Waals surface area contributed by atoms with E-state index in [1.807, 2.05) is 0 Å². The molecule has 1 fully saturated rings. The van der Waals surface area contributed by atoms with Crippen LogP contribution in [0.2, 0.25) is 10.0 Å². The van der Waals surface area contributed by atoms with Gasteiger partial charge in [0.25, 0.3) is 0 Å². The van der Waals surface area contributed by atoms with Crippen LogP contribution in [-0.2, 0) is 10.0 Å². The SMILES string of the molecule is O=S(=O)(c1cc(Cl)cc(Cl)c1)N1CCCCC1CCl. The van der Waals surface area contributed by atoms with Crippen LogP contribution in [0.4, 0.5) is 0 Å². The second kappa shape index (κ2) is 6.19. The van der Waals surface area contributed by atoms with Gasteiger partial charge in [-0.2, -0.15) is 4.31 Å². The summed E-state index contributed by atoms with van der Waals surface area (Å²) >= 11 is 17.6. The van der Waals surface area contributed by atoms with E-state index in [0.29, 0.717) is 22.5 Å². The van der Waals surface area contributed by atoms with Gasteiger partial charge in [-0.05, 0) is 31.0 Å². The van der Waals surface area contributed by atoms with E-state index in [4.69, 9.17) is 34.8 Å². The summed E-state index contributed by atoms with van der Waals surface area (Å²) in [5.74, 6) is 0.299. The molecule has 0 aromatic heterocycles. The zero-order valence-corrected chi connectivity index (χ0v) is 13.2. The van der Waals surface area contributed by atoms with Crippen LogP contribution in [0.25, 0.3) is 0 Å². The first-order chi connectivity index (χ1) is 8.95. The number of alkyl halides is 1. The Morgan fingerprint density at radius 3 is 2.37 bits per heavy atom. The highest BCUT2D eigenvalue weighted by Crippen LogP contribution is 2.29. The molecule has 1 aromatic rings. The smallest absolute Gasteiger partial charge is 0.207 e. The van der Waals surface area contributed by atoms with Gasteiger partial charge in [-0.15, -0.1) is 11.6 Å². The predicted molar refractivity (Wildman–Crippen MR) is 78.7 cm³/mol. The van der Waals surface area contributed by atoms with Crippen molar-refractivity contribution in [3.05, 3.63) is 28.2 Å². The van der Waals surface area contributed by atoms with Crippen molar-refractivity contribution >= 4 is 44.8 Å². The summed E-state index contributed by atoms with van der Waals surface area (Å²) < 4.78 is 26.7.